The van der Waals surface area contributed by atoms with E-state index in [2.05, 4.69) is 25.9 Å². The number of rotatable bonds is 1. The Balaban J connectivity index is 2.22. The van der Waals surface area contributed by atoms with Gasteiger partial charge in [-0.25, -0.2) is 4.99 Å². The molecule has 0 radical (unpaired) electrons. The summed E-state index contributed by atoms with van der Waals surface area (Å²) in [6, 6.07) is 7.49. The molecule has 0 atom stereocenters. The first-order chi connectivity index (χ1) is 9.56. The van der Waals surface area contributed by atoms with Crippen molar-refractivity contribution in [3.05, 3.63) is 50.9 Å². The molecule has 0 aliphatic carbocycles. The summed E-state index contributed by atoms with van der Waals surface area (Å²) in [5.74, 6) is 0.488. The van der Waals surface area contributed by atoms with E-state index in [4.69, 9.17) is 5.73 Å². The van der Waals surface area contributed by atoms with Crippen molar-refractivity contribution < 1.29 is 0 Å². The van der Waals surface area contributed by atoms with Crippen LogP contribution in [0, 0.1) is 6.92 Å². The van der Waals surface area contributed by atoms with Crippen molar-refractivity contribution in [2.45, 2.75) is 6.92 Å². The molecule has 0 bridgehead atoms. The van der Waals surface area contributed by atoms with Gasteiger partial charge in [0.1, 0.15) is 11.5 Å². The predicted octanol–water partition coefficient (Wildman–Crippen LogP) is 2.59. The predicted molar refractivity (Wildman–Crippen MR) is 84.2 cm³/mol. The number of hydrogen-bond acceptors (Lipinski definition) is 4. The van der Waals surface area contributed by atoms with Crippen molar-refractivity contribution in [2.75, 3.05) is 11.4 Å². The Morgan fingerprint density at radius 3 is 2.95 bits per heavy atom. The van der Waals surface area contributed by atoms with Gasteiger partial charge in [0.2, 0.25) is 0 Å². The second-order valence-corrected chi connectivity index (χ2v) is 5.52. The molecule has 0 saturated carbocycles. The number of nitrogens with two attached hydrogens (primary N) is 1. The largest absolute Gasteiger partial charge is 0.386 e. The number of pyridine rings is 1. The quantitative estimate of drug-likeness (QED) is 0.842. The summed E-state index contributed by atoms with van der Waals surface area (Å²) in [5.41, 5.74) is 9.03. The first-order valence-corrected chi connectivity index (χ1v) is 6.94. The standard InChI is InChI=1S/C14H13BrN4O/c1-8-5-10-12(6-9(8)15)19(7-13(16)18-10)11-3-2-4-17-14(11)20/h2-6H,7H2,1H3,(H2,16,18)(H,17,20). The minimum Gasteiger partial charge on any atom is -0.386 e. The number of anilines is 2. The van der Waals surface area contributed by atoms with Gasteiger partial charge in [-0.3, -0.25) is 4.79 Å². The molecule has 20 heavy (non-hydrogen) atoms. The van der Waals surface area contributed by atoms with E-state index in [1.54, 1.807) is 18.3 Å². The van der Waals surface area contributed by atoms with Crippen LogP contribution in [0.15, 0.2) is 44.7 Å². The SMILES string of the molecule is Cc1cc2c(cc1Br)N(c1ccc[nH]c1=O)CC(N)=N2. The van der Waals surface area contributed by atoms with E-state index in [1.807, 2.05) is 24.0 Å². The van der Waals surface area contributed by atoms with Gasteiger partial charge in [0.25, 0.3) is 5.56 Å². The number of amidine groups is 1. The highest BCUT2D eigenvalue weighted by Gasteiger charge is 2.22. The fourth-order valence-electron chi connectivity index (χ4n) is 2.24. The van der Waals surface area contributed by atoms with Crippen molar-refractivity contribution in [3.8, 4) is 0 Å². The molecular formula is C14H13BrN4O. The number of halogens is 1. The molecule has 1 aromatic carbocycles. The van der Waals surface area contributed by atoms with E-state index in [9.17, 15) is 4.79 Å². The highest BCUT2D eigenvalue weighted by Crippen LogP contribution is 2.38. The van der Waals surface area contributed by atoms with Crippen LogP contribution in [0.1, 0.15) is 5.56 Å². The van der Waals surface area contributed by atoms with Crippen LogP contribution in [-0.2, 0) is 0 Å². The van der Waals surface area contributed by atoms with Crippen molar-refractivity contribution in [1.82, 2.24) is 4.98 Å². The van der Waals surface area contributed by atoms with E-state index >= 15 is 0 Å². The van der Waals surface area contributed by atoms with E-state index < -0.39 is 0 Å². The molecule has 3 N–H and O–H groups in total. The Kier molecular flexibility index (Phi) is 3.10. The molecule has 1 aliphatic rings. The zero-order valence-corrected chi connectivity index (χ0v) is 12.4. The Morgan fingerprint density at radius 2 is 2.20 bits per heavy atom. The third-order valence-electron chi connectivity index (χ3n) is 3.22. The molecule has 0 unspecified atom stereocenters. The highest BCUT2D eigenvalue weighted by atomic mass is 79.9. The second kappa shape index (κ2) is 4.79. The Hall–Kier alpha value is -2.08. The number of H-pyrrole nitrogens is 1. The summed E-state index contributed by atoms with van der Waals surface area (Å²) < 4.78 is 0.976. The van der Waals surface area contributed by atoms with Gasteiger partial charge in [0, 0.05) is 10.7 Å². The van der Waals surface area contributed by atoms with Crippen LogP contribution in [0.2, 0.25) is 0 Å². The molecule has 1 aromatic heterocycles. The second-order valence-electron chi connectivity index (χ2n) is 4.66. The Morgan fingerprint density at radius 1 is 1.40 bits per heavy atom. The van der Waals surface area contributed by atoms with Crippen LogP contribution in [0.3, 0.4) is 0 Å². The number of aryl methyl sites for hydroxylation is 1. The third-order valence-corrected chi connectivity index (χ3v) is 4.07. The fourth-order valence-corrected chi connectivity index (χ4v) is 2.57. The monoisotopic (exact) mass is 332 g/mol. The van der Waals surface area contributed by atoms with Crippen LogP contribution < -0.4 is 16.2 Å². The molecular weight excluding hydrogens is 320 g/mol. The molecule has 0 spiro atoms. The number of aromatic amines is 1. The molecule has 0 saturated heterocycles. The van der Waals surface area contributed by atoms with Crippen LogP contribution in [0.5, 0.6) is 0 Å². The molecule has 6 heteroatoms. The summed E-state index contributed by atoms with van der Waals surface area (Å²) in [6.45, 7) is 2.39. The lowest BCUT2D eigenvalue weighted by Crippen LogP contribution is -2.35. The smallest absolute Gasteiger partial charge is 0.271 e. The minimum atomic E-state index is -0.148. The maximum atomic E-state index is 12.0. The lowest BCUT2D eigenvalue weighted by atomic mass is 10.1. The molecule has 2 aromatic rings. The summed E-state index contributed by atoms with van der Waals surface area (Å²) in [4.78, 5) is 20.9. The van der Waals surface area contributed by atoms with Gasteiger partial charge in [0.15, 0.2) is 0 Å². The number of benzene rings is 1. The third kappa shape index (κ3) is 2.12. The topological polar surface area (TPSA) is 74.5 Å². The van der Waals surface area contributed by atoms with E-state index in [-0.39, 0.29) is 5.56 Å². The maximum Gasteiger partial charge on any atom is 0.271 e. The van der Waals surface area contributed by atoms with Gasteiger partial charge < -0.3 is 15.6 Å². The van der Waals surface area contributed by atoms with E-state index in [0.29, 0.717) is 18.1 Å². The molecule has 0 amide bonds. The average Bonchev–Trinajstić information content (AvgIpc) is 2.41. The van der Waals surface area contributed by atoms with Crippen LogP contribution in [0.4, 0.5) is 17.1 Å². The van der Waals surface area contributed by atoms with Crippen molar-refractivity contribution in [2.24, 2.45) is 10.7 Å². The van der Waals surface area contributed by atoms with Crippen molar-refractivity contribution in [3.63, 3.8) is 0 Å². The Bertz CT molecular complexity index is 766. The molecule has 3 rings (SSSR count). The van der Waals surface area contributed by atoms with Gasteiger partial charge in [-0.05, 0) is 36.8 Å². The van der Waals surface area contributed by atoms with Gasteiger partial charge in [-0.15, -0.1) is 0 Å². The van der Waals surface area contributed by atoms with Gasteiger partial charge in [0.05, 0.1) is 17.9 Å². The van der Waals surface area contributed by atoms with Gasteiger partial charge >= 0.3 is 0 Å². The fraction of sp³-hybridized carbons (Fsp3) is 0.143. The minimum absolute atomic E-state index is 0.148. The van der Waals surface area contributed by atoms with Crippen LogP contribution in [0.25, 0.3) is 0 Å². The number of aliphatic imine (C=N–C) groups is 1. The maximum absolute atomic E-state index is 12.0. The molecule has 2 heterocycles. The summed E-state index contributed by atoms with van der Waals surface area (Å²) in [6.07, 6.45) is 1.61. The van der Waals surface area contributed by atoms with E-state index in [0.717, 1.165) is 21.4 Å². The zero-order valence-electron chi connectivity index (χ0n) is 10.9. The number of fused-ring (bicyclic) bond motifs is 1. The number of nitrogens with zero attached hydrogens (tertiary/aromatic N) is 2. The van der Waals surface area contributed by atoms with Crippen molar-refractivity contribution in [1.29, 1.82) is 0 Å². The zero-order chi connectivity index (χ0) is 14.3. The highest BCUT2D eigenvalue weighted by molar-refractivity contribution is 9.10. The average molecular weight is 333 g/mol. The Labute approximate surface area is 124 Å². The molecule has 0 fully saturated rings. The summed E-state index contributed by atoms with van der Waals surface area (Å²) in [5, 5.41) is 0. The van der Waals surface area contributed by atoms with Crippen LogP contribution >= 0.6 is 15.9 Å². The lowest BCUT2D eigenvalue weighted by Gasteiger charge is -2.29. The first-order valence-electron chi connectivity index (χ1n) is 6.14. The van der Waals surface area contributed by atoms with E-state index in [1.165, 1.54) is 0 Å². The van der Waals surface area contributed by atoms with Gasteiger partial charge in [-0.1, -0.05) is 15.9 Å². The van der Waals surface area contributed by atoms with Crippen molar-refractivity contribution >= 4 is 38.8 Å². The number of nitrogens with one attached hydrogen (secondary N) is 1. The molecule has 1 aliphatic heterocycles. The van der Waals surface area contributed by atoms with Gasteiger partial charge in [-0.2, -0.15) is 0 Å². The molecule has 102 valence electrons. The molecule has 5 nitrogen and oxygen atoms in total. The summed E-state index contributed by atoms with van der Waals surface area (Å²) in [7, 11) is 0. The first kappa shape index (κ1) is 12.9. The van der Waals surface area contributed by atoms with Crippen LogP contribution in [-0.4, -0.2) is 17.4 Å². The summed E-state index contributed by atoms with van der Waals surface area (Å²) >= 11 is 3.52. The normalized spacial score (nSPS) is 13.9. The number of aromatic nitrogens is 1. The number of hydrogen-bond donors (Lipinski definition) is 2. The lowest BCUT2D eigenvalue weighted by molar-refractivity contribution is 1.05.